The Morgan fingerprint density at radius 2 is 1.90 bits per heavy atom. The summed E-state index contributed by atoms with van der Waals surface area (Å²) in [6, 6.07) is 6.17. The molecule has 0 saturated carbocycles. The second kappa shape index (κ2) is 5.28. The number of piperidine rings is 1. The van der Waals surface area contributed by atoms with E-state index in [1.807, 2.05) is 6.07 Å². The lowest BCUT2D eigenvalue weighted by Gasteiger charge is -2.36. The maximum absolute atomic E-state index is 12.7. The third kappa shape index (κ3) is 2.64. The molecule has 1 fully saturated rings. The van der Waals surface area contributed by atoms with Crippen molar-refractivity contribution in [1.29, 1.82) is 0 Å². The van der Waals surface area contributed by atoms with Crippen LogP contribution in [0.3, 0.4) is 0 Å². The minimum Gasteiger partial charge on any atom is -0.371 e. The molecule has 20 heavy (non-hydrogen) atoms. The van der Waals surface area contributed by atoms with E-state index in [0.717, 1.165) is 25.2 Å². The molecule has 0 aromatic heterocycles. The summed E-state index contributed by atoms with van der Waals surface area (Å²) in [4.78, 5) is 2.13. The number of anilines is 1. The van der Waals surface area contributed by atoms with Gasteiger partial charge < -0.3 is 10.2 Å². The summed E-state index contributed by atoms with van der Waals surface area (Å²) in [6.45, 7) is 2.83. The fourth-order valence-corrected chi connectivity index (χ4v) is 3.26. The number of rotatable bonds is 1. The lowest BCUT2D eigenvalue weighted by molar-refractivity contribution is -0.179. The maximum atomic E-state index is 12.7. The number of fused-ring (bicyclic) bond motifs is 1. The first-order valence-corrected chi connectivity index (χ1v) is 7.19. The predicted molar refractivity (Wildman–Crippen MR) is 72.8 cm³/mol. The summed E-state index contributed by atoms with van der Waals surface area (Å²) >= 11 is 0. The number of alkyl halides is 3. The fraction of sp³-hybridized carbons (Fsp3) is 0.600. The van der Waals surface area contributed by atoms with Crippen molar-refractivity contribution in [1.82, 2.24) is 5.32 Å². The monoisotopic (exact) mass is 284 g/mol. The van der Waals surface area contributed by atoms with Gasteiger partial charge in [-0.25, -0.2) is 0 Å². The SMILES string of the molecule is FC(F)(F)C1CCN(c2cccc3c2CCNC3)CC1. The van der Waals surface area contributed by atoms with Crippen molar-refractivity contribution >= 4 is 5.69 Å². The zero-order chi connectivity index (χ0) is 14.2. The molecule has 0 amide bonds. The standard InChI is InChI=1S/C15H19F3N2/c16-15(17,18)12-5-8-20(9-6-12)14-3-1-2-11-10-19-7-4-13(11)14/h1-3,12,19H,4-10H2. The van der Waals surface area contributed by atoms with Gasteiger partial charge in [-0.1, -0.05) is 12.1 Å². The molecule has 5 heteroatoms. The minimum atomic E-state index is -4.04. The van der Waals surface area contributed by atoms with E-state index in [9.17, 15) is 13.2 Å². The number of halogens is 3. The molecule has 1 aromatic carbocycles. The molecule has 110 valence electrons. The zero-order valence-electron chi connectivity index (χ0n) is 11.3. The van der Waals surface area contributed by atoms with E-state index in [0.29, 0.717) is 13.1 Å². The smallest absolute Gasteiger partial charge is 0.371 e. The molecule has 2 aliphatic heterocycles. The normalized spacial score (nSPS) is 20.9. The van der Waals surface area contributed by atoms with Gasteiger partial charge in [-0.2, -0.15) is 13.2 Å². The molecule has 0 spiro atoms. The molecule has 0 atom stereocenters. The van der Waals surface area contributed by atoms with Crippen molar-refractivity contribution in [2.24, 2.45) is 5.92 Å². The Hall–Kier alpha value is -1.23. The van der Waals surface area contributed by atoms with E-state index >= 15 is 0 Å². The molecule has 1 saturated heterocycles. The van der Waals surface area contributed by atoms with Gasteiger partial charge in [0.1, 0.15) is 0 Å². The van der Waals surface area contributed by atoms with E-state index in [-0.39, 0.29) is 12.8 Å². The molecule has 2 nitrogen and oxygen atoms in total. The summed E-state index contributed by atoms with van der Waals surface area (Å²) in [6.07, 6.45) is -2.65. The third-order valence-corrected chi connectivity index (χ3v) is 4.41. The molecule has 1 N–H and O–H groups in total. The highest BCUT2D eigenvalue weighted by atomic mass is 19.4. The number of hydrogen-bond acceptors (Lipinski definition) is 2. The molecule has 0 unspecified atom stereocenters. The van der Waals surface area contributed by atoms with Crippen LogP contribution in [0, 0.1) is 5.92 Å². The Labute approximate surface area is 117 Å². The topological polar surface area (TPSA) is 15.3 Å². The highest BCUT2D eigenvalue weighted by molar-refractivity contribution is 5.58. The number of hydrogen-bond donors (Lipinski definition) is 1. The van der Waals surface area contributed by atoms with Gasteiger partial charge in [-0.15, -0.1) is 0 Å². The average molecular weight is 284 g/mol. The Bertz CT molecular complexity index is 476. The molecule has 2 aliphatic rings. The van der Waals surface area contributed by atoms with Crippen LogP contribution in [0.2, 0.25) is 0 Å². The largest absolute Gasteiger partial charge is 0.391 e. The van der Waals surface area contributed by atoms with Gasteiger partial charge in [0.2, 0.25) is 0 Å². The van der Waals surface area contributed by atoms with Crippen LogP contribution in [-0.4, -0.2) is 25.8 Å². The molecular formula is C15H19F3N2. The second-order valence-electron chi connectivity index (χ2n) is 5.64. The molecule has 1 aromatic rings. The first-order valence-electron chi connectivity index (χ1n) is 7.19. The van der Waals surface area contributed by atoms with Gasteiger partial charge in [0.15, 0.2) is 0 Å². The van der Waals surface area contributed by atoms with Gasteiger partial charge in [0.25, 0.3) is 0 Å². The van der Waals surface area contributed by atoms with Gasteiger partial charge in [0, 0.05) is 25.3 Å². The third-order valence-electron chi connectivity index (χ3n) is 4.41. The highest BCUT2D eigenvalue weighted by Gasteiger charge is 2.41. The van der Waals surface area contributed by atoms with Crippen molar-refractivity contribution in [3.05, 3.63) is 29.3 Å². The van der Waals surface area contributed by atoms with Crippen LogP contribution >= 0.6 is 0 Å². The Morgan fingerprint density at radius 1 is 1.15 bits per heavy atom. The van der Waals surface area contributed by atoms with E-state index in [1.165, 1.54) is 11.1 Å². The molecule has 2 heterocycles. The summed E-state index contributed by atoms with van der Waals surface area (Å²) in [7, 11) is 0. The van der Waals surface area contributed by atoms with Crippen molar-refractivity contribution in [2.45, 2.75) is 32.0 Å². The first kappa shape index (κ1) is 13.7. The van der Waals surface area contributed by atoms with E-state index < -0.39 is 12.1 Å². The summed E-state index contributed by atoms with van der Waals surface area (Å²) in [5.74, 6) is -1.13. The van der Waals surface area contributed by atoms with Crippen LogP contribution in [0.1, 0.15) is 24.0 Å². The van der Waals surface area contributed by atoms with Crippen molar-refractivity contribution in [2.75, 3.05) is 24.5 Å². The van der Waals surface area contributed by atoms with Gasteiger partial charge in [0.05, 0.1) is 5.92 Å². The van der Waals surface area contributed by atoms with Crippen LogP contribution in [0.25, 0.3) is 0 Å². The van der Waals surface area contributed by atoms with Crippen molar-refractivity contribution in [3.63, 3.8) is 0 Å². The second-order valence-corrected chi connectivity index (χ2v) is 5.64. The summed E-state index contributed by atoms with van der Waals surface area (Å²) in [5.41, 5.74) is 3.74. The first-order chi connectivity index (χ1) is 9.55. The van der Waals surface area contributed by atoms with Gasteiger partial charge >= 0.3 is 6.18 Å². The number of nitrogens with one attached hydrogen (secondary N) is 1. The Morgan fingerprint density at radius 3 is 2.60 bits per heavy atom. The van der Waals surface area contributed by atoms with Crippen LogP contribution in [-0.2, 0) is 13.0 Å². The Kier molecular flexibility index (Phi) is 3.63. The average Bonchev–Trinajstić information content (AvgIpc) is 2.46. The summed E-state index contributed by atoms with van der Waals surface area (Å²) in [5, 5.41) is 3.33. The Balaban J connectivity index is 1.76. The van der Waals surface area contributed by atoms with Gasteiger partial charge in [-0.3, -0.25) is 0 Å². The lowest BCUT2D eigenvalue weighted by atomic mass is 9.93. The summed E-state index contributed by atoms with van der Waals surface area (Å²) < 4.78 is 38.2. The van der Waals surface area contributed by atoms with E-state index in [1.54, 1.807) is 0 Å². The lowest BCUT2D eigenvalue weighted by Crippen LogP contribution is -2.40. The molecular weight excluding hydrogens is 265 g/mol. The predicted octanol–water partition coefficient (Wildman–Crippen LogP) is 3.11. The maximum Gasteiger partial charge on any atom is 0.391 e. The van der Waals surface area contributed by atoms with Crippen LogP contribution in [0.5, 0.6) is 0 Å². The van der Waals surface area contributed by atoms with Crippen LogP contribution in [0.15, 0.2) is 18.2 Å². The zero-order valence-corrected chi connectivity index (χ0v) is 11.3. The van der Waals surface area contributed by atoms with E-state index in [4.69, 9.17) is 0 Å². The molecule has 0 aliphatic carbocycles. The molecule has 0 radical (unpaired) electrons. The van der Waals surface area contributed by atoms with Gasteiger partial charge in [-0.05, 0) is 43.0 Å². The molecule has 3 rings (SSSR count). The quantitative estimate of drug-likeness (QED) is 0.852. The number of benzene rings is 1. The fourth-order valence-electron chi connectivity index (χ4n) is 3.26. The molecule has 0 bridgehead atoms. The van der Waals surface area contributed by atoms with Crippen molar-refractivity contribution < 1.29 is 13.2 Å². The minimum absolute atomic E-state index is 0.214. The highest BCUT2D eigenvalue weighted by Crippen LogP contribution is 2.36. The van der Waals surface area contributed by atoms with Crippen molar-refractivity contribution in [3.8, 4) is 0 Å². The van der Waals surface area contributed by atoms with Crippen LogP contribution < -0.4 is 10.2 Å². The van der Waals surface area contributed by atoms with Crippen LogP contribution in [0.4, 0.5) is 18.9 Å². The number of nitrogens with zero attached hydrogens (tertiary/aromatic N) is 1. The van der Waals surface area contributed by atoms with E-state index in [2.05, 4.69) is 22.3 Å².